The van der Waals surface area contributed by atoms with Crippen LogP contribution in [-0.4, -0.2) is 12.0 Å². The Morgan fingerprint density at radius 1 is 1.44 bits per heavy atom. The summed E-state index contributed by atoms with van der Waals surface area (Å²) >= 11 is 0. The van der Waals surface area contributed by atoms with Crippen LogP contribution in [0.2, 0.25) is 0 Å². The summed E-state index contributed by atoms with van der Waals surface area (Å²) < 4.78 is 5.29. The molecular weight excluding hydrogens is 202 g/mol. The lowest BCUT2D eigenvalue weighted by atomic mass is 10.2. The van der Waals surface area contributed by atoms with Crippen molar-refractivity contribution in [2.45, 2.75) is 13.1 Å². The van der Waals surface area contributed by atoms with Gasteiger partial charge in [-0.2, -0.15) is 0 Å². The van der Waals surface area contributed by atoms with Crippen LogP contribution >= 0.6 is 0 Å². The van der Waals surface area contributed by atoms with Crippen LogP contribution in [0.15, 0.2) is 41.1 Å². The Morgan fingerprint density at radius 3 is 3.00 bits per heavy atom. The van der Waals surface area contributed by atoms with Crippen molar-refractivity contribution < 1.29 is 4.42 Å². The normalized spacial score (nSPS) is 10.4. The van der Waals surface area contributed by atoms with Gasteiger partial charge in [0.1, 0.15) is 11.6 Å². The molecule has 0 saturated carbocycles. The van der Waals surface area contributed by atoms with Gasteiger partial charge in [-0.05, 0) is 29.8 Å². The minimum Gasteiger partial charge on any atom is -0.467 e. The van der Waals surface area contributed by atoms with E-state index in [2.05, 4.69) is 4.98 Å². The zero-order chi connectivity index (χ0) is 11.4. The summed E-state index contributed by atoms with van der Waals surface area (Å²) in [5, 5.41) is 0. The largest absolute Gasteiger partial charge is 0.467 e. The molecule has 4 nitrogen and oxygen atoms in total. The number of nitrogens with zero attached hydrogens (tertiary/aromatic N) is 2. The van der Waals surface area contributed by atoms with Crippen molar-refractivity contribution >= 4 is 5.82 Å². The van der Waals surface area contributed by atoms with Crippen LogP contribution in [0, 0.1) is 0 Å². The summed E-state index contributed by atoms with van der Waals surface area (Å²) in [6.07, 6.45) is 3.45. The first-order valence-electron chi connectivity index (χ1n) is 5.18. The van der Waals surface area contributed by atoms with Gasteiger partial charge in [0.15, 0.2) is 0 Å². The summed E-state index contributed by atoms with van der Waals surface area (Å²) in [5.41, 5.74) is 6.67. The van der Waals surface area contributed by atoms with E-state index in [0.29, 0.717) is 13.1 Å². The third-order valence-electron chi connectivity index (χ3n) is 2.41. The molecule has 16 heavy (non-hydrogen) atoms. The second-order valence-electron chi connectivity index (χ2n) is 3.66. The average molecular weight is 217 g/mol. The van der Waals surface area contributed by atoms with Crippen LogP contribution in [-0.2, 0) is 13.1 Å². The van der Waals surface area contributed by atoms with Gasteiger partial charge in [0.2, 0.25) is 0 Å². The van der Waals surface area contributed by atoms with Crippen LogP contribution in [0.1, 0.15) is 11.3 Å². The quantitative estimate of drug-likeness (QED) is 0.848. The highest BCUT2D eigenvalue weighted by Crippen LogP contribution is 2.14. The molecular formula is C12H15N3O. The first-order chi connectivity index (χ1) is 7.79. The van der Waals surface area contributed by atoms with Gasteiger partial charge < -0.3 is 15.1 Å². The second kappa shape index (κ2) is 4.81. The highest BCUT2D eigenvalue weighted by atomic mass is 16.3. The Morgan fingerprint density at radius 2 is 2.31 bits per heavy atom. The first kappa shape index (κ1) is 10.7. The monoisotopic (exact) mass is 217 g/mol. The lowest BCUT2D eigenvalue weighted by Crippen LogP contribution is -2.17. The SMILES string of the molecule is CN(Cc1ccco1)c1cc(CN)ccn1. The van der Waals surface area contributed by atoms with Gasteiger partial charge in [-0.25, -0.2) is 4.98 Å². The molecule has 0 radical (unpaired) electrons. The summed E-state index contributed by atoms with van der Waals surface area (Å²) in [5.74, 6) is 1.82. The first-order valence-corrected chi connectivity index (χ1v) is 5.18. The highest BCUT2D eigenvalue weighted by molar-refractivity contribution is 5.40. The topological polar surface area (TPSA) is 55.3 Å². The highest BCUT2D eigenvalue weighted by Gasteiger charge is 2.05. The predicted octanol–water partition coefficient (Wildman–Crippen LogP) is 1.77. The van der Waals surface area contributed by atoms with Crippen LogP contribution in [0.3, 0.4) is 0 Å². The van der Waals surface area contributed by atoms with E-state index in [1.54, 1.807) is 12.5 Å². The molecule has 0 atom stereocenters. The zero-order valence-corrected chi connectivity index (χ0v) is 9.26. The molecule has 0 aliphatic rings. The molecule has 0 spiro atoms. The van der Waals surface area contributed by atoms with Gasteiger partial charge in [0.05, 0.1) is 12.8 Å². The molecule has 2 heterocycles. The van der Waals surface area contributed by atoms with Gasteiger partial charge in [0.25, 0.3) is 0 Å². The molecule has 0 saturated heterocycles. The maximum absolute atomic E-state index is 5.59. The van der Waals surface area contributed by atoms with E-state index in [4.69, 9.17) is 10.2 Å². The van der Waals surface area contributed by atoms with Crippen molar-refractivity contribution in [2.75, 3.05) is 11.9 Å². The molecule has 0 unspecified atom stereocenters. The fourth-order valence-electron chi connectivity index (χ4n) is 1.51. The fourth-order valence-corrected chi connectivity index (χ4v) is 1.51. The fraction of sp³-hybridized carbons (Fsp3) is 0.250. The Hall–Kier alpha value is -1.81. The van der Waals surface area contributed by atoms with E-state index < -0.39 is 0 Å². The summed E-state index contributed by atoms with van der Waals surface area (Å²) in [6, 6.07) is 7.74. The smallest absolute Gasteiger partial charge is 0.128 e. The Kier molecular flexibility index (Phi) is 3.22. The van der Waals surface area contributed by atoms with Crippen molar-refractivity contribution in [2.24, 2.45) is 5.73 Å². The third kappa shape index (κ3) is 2.41. The van der Waals surface area contributed by atoms with Crippen molar-refractivity contribution in [3.63, 3.8) is 0 Å². The number of nitrogens with two attached hydrogens (primary N) is 1. The molecule has 0 bridgehead atoms. The Bertz CT molecular complexity index is 439. The van der Waals surface area contributed by atoms with Gasteiger partial charge in [-0.1, -0.05) is 0 Å². The average Bonchev–Trinajstić information content (AvgIpc) is 2.82. The molecule has 2 aromatic heterocycles. The van der Waals surface area contributed by atoms with Crippen LogP contribution < -0.4 is 10.6 Å². The number of hydrogen-bond donors (Lipinski definition) is 1. The second-order valence-corrected chi connectivity index (χ2v) is 3.66. The van der Waals surface area contributed by atoms with Crippen LogP contribution in [0.4, 0.5) is 5.82 Å². The summed E-state index contributed by atoms with van der Waals surface area (Å²) in [6.45, 7) is 1.23. The molecule has 2 rings (SSSR count). The maximum Gasteiger partial charge on any atom is 0.128 e. The van der Waals surface area contributed by atoms with Crippen molar-refractivity contribution in [1.29, 1.82) is 0 Å². The third-order valence-corrected chi connectivity index (χ3v) is 2.41. The van der Waals surface area contributed by atoms with Crippen molar-refractivity contribution in [3.05, 3.63) is 48.0 Å². The molecule has 84 valence electrons. The Labute approximate surface area is 94.7 Å². The lowest BCUT2D eigenvalue weighted by Gasteiger charge is -2.17. The molecule has 0 amide bonds. The molecule has 0 aromatic carbocycles. The number of hydrogen-bond acceptors (Lipinski definition) is 4. The number of rotatable bonds is 4. The molecule has 2 aromatic rings. The lowest BCUT2D eigenvalue weighted by molar-refractivity contribution is 0.507. The minimum absolute atomic E-state index is 0.532. The maximum atomic E-state index is 5.59. The number of aromatic nitrogens is 1. The van der Waals surface area contributed by atoms with Gasteiger partial charge >= 0.3 is 0 Å². The molecule has 0 fully saturated rings. The summed E-state index contributed by atoms with van der Waals surface area (Å²) in [7, 11) is 1.98. The van der Waals surface area contributed by atoms with E-state index in [1.165, 1.54) is 0 Å². The van der Waals surface area contributed by atoms with E-state index in [1.807, 2.05) is 36.2 Å². The van der Waals surface area contributed by atoms with Gasteiger partial charge in [0, 0.05) is 19.8 Å². The predicted molar refractivity (Wildman–Crippen MR) is 62.9 cm³/mol. The number of furan rings is 1. The van der Waals surface area contributed by atoms with Crippen LogP contribution in [0.25, 0.3) is 0 Å². The number of pyridine rings is 1. The molecule has 0 aliphatic heterocycles. The van der Waals surface area contributed by atoms with E-state index in [9.17, 15) is 0 Å². The van der Waals surface area contributed by atoms with Gasteiger partial charge in [-0.15, -0.1) is 0 Å². The molecule has 2 N–H and O–H groups in total. The van der Waals surface area contributed by atoms with Gasteiger partial charge in [-0.3, -0.25) is 0 Å². The van der Waals surface area contributed by atoms with E-state index in [-0.39, 0.29) is 0 Å². The van der Waals surface area contributed by atoms with Crippen molar-refractivity contribution in [1.82, 2.24) is 4.98 Å². The Balaban J connectivity index is 2.11. The molecule has 4 heteroatoms. The van der Waals surface area contributed by atoms with E-state index >= 15 is 0 Å². The van der Waals surface area contributed by atoms with E-state index in [0.717, 1.165) is 17.1 Å². The number of anilines is 1. The van der Waals surface area contributed by atoms with Crippen LogP contribution in [0.5, 0.6) is 0 Å². The minimum atomic E-state index is 0.532. The molecule has 0 aliphatic carbocycles. The van der Waals surface area contributed by atoms with Crippen molar-refractivity contribution in [3.8, 4) is 0 Å². The summed E-state index contributed by atoms with van der Waals surface area (Å²) in [4.78, 5) is 6.32. The zero-order valence-electron chi connectivity index (χ0n) is 9.26. The standard InChI is InChI=1S/C12H15N3O/c1-15(9-11-3-2-6-16-11)12-7-10(8-13)4-5-14-12/h2-7H,8-9,13H2,1H3.